The summed E-state index contributed by atoms with van der Waals surface area (Å²) in [5.74, 6) is -4.00. The zero-order chi connectivity index (χ0) is 36.0. The van der Waals surface area contributed by atoms with Gasteiger partial charge in [-0.3, -0.25) is 14.4 Å². The number of nitrogens with one attached hydrogen (secondary N) is 3. The average molecular weight is 784 g/mol. The summed E-state index contributed by atoms with van der Waals surface area (Å²) in [6, 6.07) is 15.3. The van der Waals surface area contributed by atoms with Crippen molar-refractivity contribution in [3.05, 3.63) is 102 Å². The van der Waals surface area contributed by atoms with Crippen molar-refractivity contribution >= 4 is 116 Å². The minimum absolute atomic E-state index is 0.0878. The Kier molecular flexibility index (Phi) is 13.0. The molecule has 4 N–H and O–H groups in total. The van der Waals surface area contributed by atoms with E-state index in [9.17, 15) is 29.1 Å². The lowest BCUT2D eigenvalue weighted by Gasteiger charge is -2.16. The van der Waals surface area contributed by atoms with Crippen molar-refractivity contribution in [2.45, 2.75) is 37.3 Å². The van der Waals surface area contributed by atoms with E-state index in [1.165, 1.54) is 11.8 Å². The Bertz CT molecular complexity index is 1950. The molecule has 256 valence electrons. The minimum atomic E-state index is -1.53. The average Bonchev–Trinajstić information content (AvgIpc) is 3.39. The first-order valence-electron chi connectivity index (χ1n) is 14.4. The highest BCUT2D eigenvalue weighted by Gasteiger charge is 2.30. The number of thioether (sulfide) groups is 1. The van der Waals surface area contributed by atoms with E-state index in [2.05, 4.69) is 16.0 Å². The molecule has 10 nitrogen and oxygen atoms in total. The van der Waals surface area contributed by atoms with Crippen molar-refractivity contribution in [1.82, 2.24) is 0 Å². The van der Waals surface area contributed by atoms with Crippen molar-refractivity contribution in [2.24, 2.45) is 0 Å². The van der Waals surface area contributed by atoms with Gasteiger partial charge < -0.3 is 25.8 Å². The number of para-hydroxylation sites is 1. The third kappa shape index (κ3) is 8.69. The largest absolute Gasteiger partial charge is 0.478 e. The fourth-order valence-corrected chi connectivity index (χ4v) is 7.67. The van der Waals surface area contributed by atoms with Gasteiger partial charge >= 0.3 is 11.9 Å². The van der Waals surface area contributed by atoms with Crippen LogP contribution in [0.25, 0.3) is 0 Å². The number of carboxylic acids is 1. The minimum Gasteiger partial charge on any atom is -0.478 e. The summed E-state index contributed by atoms with van der Waals surface area (Å²) in [5.41, 5.74) is 0.190. The number of carboxylic acid groups (broad SMARTS) is 1. The second kappa shape index (κ2) is 16.8. The predicted octanol–water partition coefficient (Wildman–Crippen LogP) is 9.56. The molecule has 0 aliphatic carbocycles. The van der Waals surface area contributed by atoms with Crippen molar-refractivity contribution in [3.63, 3.8) is 0 Å². The maximum atomic E-state index is 13.6. The van der Waals surface area contributed by atoms with E-state index in [4.69, 9.17) is 51.1 Å². The van der Waals surface area contributed by atoms with Crippen LogP contribution in [0.2, 0.25) is 20.1 Å². The number of aromatic carboxylic acids is 1. The first-order chi connectivity index (χ1) is 23.3. The summed E-state index contributed by atoms with van der Waals surface area (Å²) >= 11 is 26.5. The molecule has 3 aromatic carbocycles. The number of hydrogen-bond donors (Lipinski definition) is 4. The van der Waals surface area contributed by atoms with E-state index in [1.807, 2.05) is 6.07 Å². The summed E-state index contributed by atoms with van der Waals surface area (Å²) < 4.78 is 5.23. The lowest BCUT2D eigenvalue weighted by atomic mass is 10.1. The smallest absolute Gasteiger partial charge is 0.341 e. The molecule has 0 aliphatic rings. The SMILES string of the molecule is CCOC(=O)c1c(NC(=O)C(CC)Sc2cccc(NC(=O)c3c(Cl)c(Cl)c(Cl)c(Cl)c3C(=O)O)c2)sc(C(=O)Nc2ccccc2)c1C. The number of carbonyl (C=O) groups is 5. The topological polar surface area (TPSA) is 151 Å². The standard InChI is InChI=1S/C33H27Cl4N3O7S2/c1-4-19(28(41)40-31-20(33(46)47-5-2)15(3)27(49-31)30(43)38-16-10-7-6-8-11-16)48-18-13-9-12-17(14-18)39-29(42)21-22(32(44)45)24(35)26(37)25(36)23(21)34/h6-14,19H,4-5H2,1-3H3,(H,38,43)(H,39,42)(H,40,41)(H,44,45). The van der Waals surface area contributed by atoms with Crippen LogP contribution in [0.1, 0.15) is 66.6 Å². The molecule has 4 rings (SSSR count). The molecule has 0 bridgehead atoms. The Balaban J connectivity index is 1.56. The predicted molar refractivity (Wildman–Crippen MR) is 196 cm³/mol. The highest BCUT2D eigenvalue weighted by atomic mass is 35.5. The van der Waals surface area contributed by atoms with Crippen LogP contribution in [-0.2, 0) is 9.53 Å². The van der Waals surface area contributed by atoms with Crippen LogP contribution in [-0.4, -0.2) is 46.6 Å². The summed E-state index contributed by atoms with van der Waals surface area (Å²) in [6.07, 6.45) is 0.368. The summed E-state index contributed by atoms with van der Waals surface area (Å²) in [4.78, 5) is 65.7. The quantitative estimate of drug-likeness (QED) is 0.0480. The molecular weight excluding hydrogens is 756 g/mol. The van der Waals surface area contributed by atoms with Gasteiger partial charge in [0, 0.05) is 16.3 Å². The second-order valence-corrected chi connectivity index (χ2v) is 13.9. The van der Waals surface area contributed by atoms with E-state index in [1.54, 1.807) is 69.3 Å². The lowest BCUT2D eigenvalue weighted by Crippen LogP contribution is -2.25. The fourth-order valence-electron chi connectivity index (χ4n) is 4.54. The molecule has 0 fully saturated rings. The number of halogens is 4. The normalized spacial score (nSPS) is 11.4. The maximum absolute atomic E-state index is 13.6. The van der Waals surface area contributed by atoms with Crippen molar-refractivity contribution in [2.75, 3.05) is 22.6 Å². The van der Waals surface area contributed by atoms with Gasteiger partial charge in [-0.15, -0.1) is 23.1 Å². The zero-order valence-electron chi connectivity index (χ0n) is 25.9. The number of rotatable bonds is 12. The van der Waals surface area contributed by atoms with Gasteiger partial charge in [-0.1, -0.05) is 77.6 Å². The van der Waals surface area contributed by atoms with Gasteiger partial charge in [0.2, 0.25) is 5.91 Å². The number of carbonyl (C=O) groups excluding carboxylic acids is 4. The van der Waals surface area contributed by atoms with Crippen LogP contribution >= 0.6 is 69.5 Å². The van der Waals surface area contributed by atoms with E-state index < -0.39 is 51.1 Å². The van der Waals surface area contributed by atoms with E-state index in [0.29, 0.717) is 22.6 Å². The van der Waals surface area contributed by atoms with Crippen molar-refractivity contribution in [3.8, 4) is 0 Å². The van der Waals surface area contributed by atoms with Crippen LogP contribution in [0.15, 0.2) is 59.5 Å². The summed E-state index contributed by atoms with van der Waals surface area (Å²) in [7, 11) is 0. The van der Waals surface area contributed by atoms with Gasteiger partial charge in [-0.25, -0.2) is 9.59 Å². The third-order valence-corrected chi connectivity index (χ3v) is 11.2. The number of esters is 1. The van der Waals surface area contributed by atoms with Crippen molar-refractivity contribution in [1.29, 1.82) is 0 Å². The Labute approximate surface area is 309 Å². The highest BCUT2D eigenvalue weighted by molar-refractivity contribution is 8.00. The Hall–Kier alpha value is -3.78. The Morgan fingerprint density at radius 3 is 2.02 bits per heavy atom. The van der Waals surface area contributed by atoms with Gasteiger partial charge in [0.05, 0.1) is 53.5 Å². The highest BCUT2D eigenvalue weighted by Crippen LogP contribution is 2.42. The molecule has 0 saturated carbocycles. The van der Waals surface area contributed by atoms with Gasteiger partial charge in [0.15, 0.2) is 0 Å². The molecule has 0 aliphatic heterocycles. The number of amides is 3. The molecule has 16 heteroatoms. The van der Waals surface area contributed by atoms with Crippen LogP contribution in [0, 0.1) is 6.92 Å². The number of thiophene rings is 1. The summed E-state index contributed by atoms with van der Waals surface area (Å²) in [5, 5.41) is 16.0. The zero-order valence-corrected chi connectivity index (χ0v) is 30.6. The molecule has 0 saturated heterocycles. The molecular formula is C33H27Cl4N3O7S2. The molecule has 1 unspecified atom stereocenters. The first kappa shape index (κ1) is 38.0. The number of hydrogen-bond acceptors (Lipinski definition) is 8. The number of benzene rings is 3. The molecule has 1 heterocycles. The van der Waals surface area contributed by atoms with Crippen molar-refractivity contribution < 1.29 is 33.8 Å². The molecule has 1 atom stereocenters. The van der Waals surface area contributed by atoms with Crippen LogP contribution in [0.3, 0.4) is 0 Å². The first-order valence-corrected chi connectivity index (χ1v) is 17.6. The van der Waals surface area contributed by atoms with Crippen LogP contribution in [0.5, 0.6) is 0 Å². The van der Waals surface area contributed by atoms with Gasteiger partial charge in [-0.05, 0) is 56.2 Å². The molecule has 3 amide bonds. The lowest BCUT2D eigenvalue weighted by molar-refractivity contribution is -0.115. The molecule has 49 heavy (non-hydrogen) atoms. The molecule has 4 aromatic rings. The maximum Gasteiger partial charge on any atom is 0.341 e. The Morgan fingerprint density at radius 2 is 1.41 bits per heavy atom. The molecule has 0 radical (unpaired) electrons. The van der Waals surface area contributed by atoms with Crippen LogP contribution < -0.4 is 16.0 Å². The molecule has 0 spiro atoms. The monoisotopic (exact) mass is 781 g/mol. The molecule has 1 aromatic heterocycles. The van der Waals surface area contributed by atoms with Gasteiger partial charge in [0.25, 0.3) is 11.8 Å². The number of anilines is 3. The summed E-state index contributed by atoms with van der Waals surface area (Å²) in [6.45, 7) is 5.16. The van der Waals surface area contributed by atoms with Crippen LogP contribution in [0.4, 0.5) is 16.4 Å². The number of ether oxygens (including phenoxy) is 1. The second-order valence-electron chi connectivity index (χ2n) is 10.1. The Morgan fingerprint density at radius 1 is 0.796 bits per heavy atom. The van der Waals surface area contributed by atoms with E-state index in [0.717, 1.165) is 11.3 Å². The fraction of sp³-hybridized carbons (Fsp3) is 0.182. The van der Waals surface area contributed by atoms with E-state index >= 15 is 0 Å². The van der Waals surface area contributed by atoms with Gasteiger partial charge in [-0.2, -0.15) is 0 Å². The third-order valence-electron chi connectivity index (χ3n) is 6.84. The van der Waals surface area contributed by atoms with Gasteiger partial charge in [0.1, 0.15) is 5.00 Å². The van der Waals surface area contributed by atoms with E-state index in [-0.39, 0.29) is 42.8 Å².